The Morgan fingerprint density at radius 3 is 1.67 bits per heavy atom. The number of nitrogens with zero attached hydrogens (tertiary/aromatic N) is 2. The van der Waals surface area contributed by atoms with Gasteiger partial charge in [0, 0.05) is 49.9 Å². The highest BCUT2D eigenvalue weighted by Crippen LogP contribution is 2.42. The summed E-state index contributed by atoms with van der Waals surface area (Å²) in [5, 5.41) is 3.72. The molecule has 1 aliphatic carbocycles. The minimum atomic E-state index is 0.959. The van der Waals surface area contributed by atoms with Gasteiger partial charge in [0.05, 0.1) is 16.7 Å². The highest BCUT2D eigenvalue weighted by atomic mass is 16.3. The SMILES string of the molecule is C1=Cc2oc3c(-c4ccc(N(c5ccc(-c6ccccc6-n6c7ccccc7c7ccccc76)cc5)c5cccc(-c6cccc(-c7ccccc7)c6)c5)cc4)cccc3c2CC1. The highest BCUT2D eigenvalue weighted by molar-refractivity contribution is 6.09. The van der Waals surface area contributed by atoms with Gasteiger partial charge in [0.1, 0.15) is 11.3 Å². The number of para-hydroxylation sites is 4. The highest BCUT2D eigenvalue weighted by Gasteiger charge is 2.20. The first-order valence-electron chi connectivity index (χ1n) is 21.8. The van der Waals surface area contributed by atoms with Crippen LogP contribution in [0.25, 0.3) is 89.0 Å². The van der Waals surface area contributed by atoms with Gasteiger partial charge in [-0.25, -0.2) is 0 Å². The van der Waals surface area contributed by atoms with Crippen molar-refractivity contribution in [3.63, 3.8) is 0 Å². The first kappa shape index (κ1) is 36.7. The van der Waals surface area contributed by atoms with Crippen molar-refractivity contribution < 1.29 is 4.42 Å². The normalized spacial score (nSPS) is 12.3. The van der Waals surface area contributed by atoms with E-state index in [1.165, 1.54) is 55.0 Å². The summed E-state index contributed by atoms with van der Waals surface area (Å²) in [6.45, 7) is 0. The largest absolute Gasteiger partial charge is 0.456 e. The predicted octanol–water partition coefficient (Wildman–Crippen LogP) is 16.6. The molecule has 0 fully saturated rings. The van der Waals surface area contributed by atoms with E-state index in [2.05, 4.69) is 240 Å². The van der Waals surface area contributed by atoms with E-state index in [1.807, 2.05) is 0 Å². The molecule has 11 aromatic rings. The Labute approximate surface area is 367 Å². The summed E-state index contributed by atoms with van der Waals surface area (Å²) in [6.07, 6.45) is 6.39. The standard InChI is InChI=1S/C60H42N2O/c1-2-15-41(16-3-1)44-17-12-18-45(39-44)46-19-13-20-49(40-46)61(48-37-33-43(34-38-48)51-25-14-26-55-54-24-7-11-30-59(54)63-60(51)55)47-35-31-42(32-36-47)50-21-4-8-27-56(50)62-57-28-9-5-22-52(57)53-23-6-10-29-58(53)62/h1-6,8-23,25-40H,7,24H2. The van der Waals surface area contributed by atoms with E-state index in [0.29, 0.717) is 0 Å². The van der Waals surface area contributed by atoms with Crippen LogP contribution in [0.2, 0.25) is 0 Å². The molecule has 2 heterocycles. The minimum Gasteiger partial charge on any atom is -0.456 e. The third-order valence-electron chi connectivity index (χ3n) is 12.7. The van der Waals surface area contributed by atoms with Gasteiger partial charge in [-0.3, -0.25) is 0 Å². The topological polar surface area (TPSA) is 21.3 Å². The maximum Gasteiger partial charge on any atom is 0.142 e. The van der Waals surface area contributed by atoms with E-state index in [1.54, 1.807) is 0 Å². The van der Waals surface area contributed by atoms with Crippen LogP contribution in [0.15, 0.2) is 229 Å². The maximum absolute atomic E-state index is 6.51. The van der Waals surface area contributed by atoms with Crippen molar-refractivity contribution in [1.82, 2.24) is 4.57 Å². The molecule has 63 heavy (non-hydrogen) atoms. The number of hydrogen-bond acceptors (Lipinski definition) is 2. The number of fused-ring (bicyclic) bond motifs is 6. The van der Waals surface area contributed by atoms with Crippen LogP contribution < -0.4 is 4.90 Å². The third kappa shape index (κ3) is 6.45. The van der Waals surface area contributed by atoms with Crippen LogP contribution in [0.5, 0.6) is 0 Å². The Bertz CT molecular complexity index is 3440. The summed E-state index contributed by atoms with van der Waals surface area (Å²) >= 11 is 0. The van der Waals surface area contributed by atoms with Crippen LogP contribution in [0.3, 0.4) is 0 Å². The van der Waals surface area contributed by atoms with Crippen molar-refractivity contribution in [2.75, 3.05) is 4.90 Å². The van der Waals surface area contributed by atoms with E-state index in [9.17, 15) is 0 Å². The van der Waals surface area contributed by atoms with E-state index in [4.69, 9.17) is 4.42 Å². The molecule has 0 atom stereocenters. The van der Waals surface area contributed by atoms with E-state index < -0.39 is 0 Å². The number of rotatable bonds is 8. The zero-order valence-corrected chi connectivity index (χ0v) is 34.7. The Morgan fingerprint density at radius 1 is 0.397 bits per heavy atom. The number of allylic oxidation sites excluding steroid dienone is 1. The predicted molar refractivity (Wildman–Crippen MR) is 264 cm³/mol. The first-order chi connectivity index (χ1) is 31.2. The molecular formula is C60H42N2O. The summed E-state index contributed by atoms with van der Waals surface area (Å²) in [4.78, 5) is 2.37. The summed E-state index contributed by atoms with van der Waals surface area (Å²) in [5.74, 6) is 0.988. The molecule has 298 valence electrons. The van der Waals surface area contributed by atoms with E-state index in [0.717, 1.165) is 69.2 Å². The number of aromatic nitrogens is 1. The molecule has 0 N–H and O–H groups in total. The number of benzene rings is 9. The Kier molecular flexibility index (Phi) is 8.97. The molecule has 0 saturated heterocycles. The van der Waals surface area contributed by atoms with Gasteiger partial charge in [-0.15, -0.1) is 0 Å². The van der Waals surface area contributed by atoms with Crippen LogP contribution in [0, 0.1) is 0 Å². The van der Waals surface area contributed by atoms with E-state index in [-0.39, 0.29) is 0 Å². The van der Waals surface area contributed by atoms with Crippen molar-refractivity contribution in [2.24, 2.45) is 0 Å². The molecule has 0 spiro atoms. The molecule has 1 aliphatic rings. The van der Waals surface area contributed by atoms with Crippen LogP contribution in [-0.2, 0) is 6.42 Å². The van der Waals surface area contributed by atoms with Crippen LogP contribution >= 0.6 is 0 Å². The molecule has 0 bridgehead atoms. The summed E-state index contributed by atoms with van der Waals surface area (Å²) in [7, 11) is 0. The van der Waals surface area contributed by atoms with Crippen LogP contribution in [0.4, 0.5) is 17.1 Å². The zero-order valence-electron chi connectivity index (χ0n) is 34.7. The fourth-order valence-corrected chi connectivity index (χ4v) is 9.68. The molecule has 0 amide bonds. The lowest BCUT2D eigenvalue weighted by Gasteiger charge is -2.26. The van der Waals surface area contributed by atoms with Crippen LogP contribution in [-0.4, -0.2) is 4.57 Å². The Hall–Kier alpha value is -8.14. The van der Waals surface area contributed by atoms with Crippen molar-refractivity contribution in [1.29, 1.82) is 0 Å². The van der Waals surface area contributed by atoms with Gasteiger partial charge in [-0.05, 0) is 113 Å². The van der Waals surface area contributed by atoms with Gasteiger partial charge in [-0.1, -0.05) is 164 Å². The number of furan rings is 1. The molecule has 3 heteroatoms. The average molecular weight is 807 g/mol. The Balaban J connectivity index is 0.962. The molecule has 12 rings (SSSR count). The number of hydrogen-bond donors (Lipinski definition) is 0. The third-order valence-corrected chi connectivity index (χ3v) is 12.7. The molecule has 0 aliphatic heterocycles. The average Bonchev–Trinajstić information content (AvgIpc) is 3.91. The monoisotopic (exact) mass is 806 g/mol. The molecule has 0 unspecified atom stereocenters. The van der Waals surface area contributed by atoms with Gasteiger partial charge in [0.25, 0.3) is 0 Å². The fraction of sp³-hybridized carbons (Fsp3) is 0.0333. The second kappa shape index (κ2) is 15.4. The van der Waals surface area contributed by atoms with Gasteiger partial charge in [0.15, 0.2) is 0 Å². The van der Waals surface area contributed by atoms with Crippen molar-refractivity contribution in [2.45, 2.75) is 12.8 Å². The van der Waals surface area contributed by atoms with E-state index >= 15 is 0 Å². The molecule has 2 aromatic heterocycles. The Morgan fingerprint density at radius 2 is 0.937 bits per heavy atom. The molecule has 0 saturated carbocycles. The van der Waals surface area contributed by atoms with Gasteiger partial charge >= 0.3 is 0 Å². The number of anilines is 3. The lowest BCUT2D eigenvalue weighted by atomic mass is 9.97. The first-order valence-corrected chi connectivity index (χ1v) is 21.8. The summed E-state index contributed by atoms with van der Waals surface area (Å²) < 4.78 is 8.92. The van der Waals surface area contributed by atoms with Crippen molar-refractivity contribution >= 4 is 55.9 Å². The number of aryl methyl sites for hydroxylation is 1. The van der Waals surface area contributed by atoms with Crippen molar-refractivity contribution in [3.8, 4) is 50.2 Å². The molecular weight excluding hydrogens is 765 g/mol. The molecule has 3 nitrogen and oxygen atoms in total. The van der Waals surface area contributed by atoms with Crippen molar-refractivity contribution in [3.05, 3.63) is 236 Å². The lowest BCUT2D eigenvalue weighted by Crippen LogP contribution is -2.10. The second-order valence-electron chi connectivity index (χ2n) is 16.4. The maximum atomic E-state index is 6.51. The zero-order chi connectivity index (χ0) is 41.7. The summed E-state index contributed by atoms with van der Waals surface area (Å²) in [5.41, 5.74) is 18.4. The lowest BCUT2D eigenvalue weighted by molar-refractivity contribution is 0.596. The second-order valence-corrected chi connectivity index (χ2v) is 16.4. The van der Waals surface area contributed by atoms with Crippen LogP contribution in [0.1, 0.15) is 17.7 Å². The van der Waals surface area contributed by atoms with Gasteiger partial charge in [-0.2, -0.15) is 0 Å². The summed E-state index contributed by atoms with van der Waals surface area (Å²) in [6, 6.07) is 79.1. The quantitative estimate of drug-likeness (QED) is 0.153. The van der Waals surface area contributed by atoms with Gasteiger partial charge in [0.2, 0.25) is 0 Å². The molecule has 9 aromatic carbocycles. The minimum absolute atomic E-state index is 0.959. The molecule has 0 radical (unpaired) electrons. The van der Waals surface area contributed by atoms with Gasteiger partial charge < -0.3 is 13.9 Å². The smallest absolute Gasteiger partial charge is 0.142 e. The fourth-order valence-electron chi connectivity index (χ4n) is 9.68.